The third-order valence-corrected chi connectivity index (χ3v) is 6.22. The van der Waals surface area contributed by atoms with Crippen LogP contribution < -0.4 is 5.32 Å². The van der Waals surface area contributed by atoms with E-state index in [-0.39, 0.29) is 5.91 Å². The molecule has 1 amide bonds. The molecule has 5 nitrogen and oxygen atoms in total. The summed E-state index contributed by atoms with van der Waals surface area (Å²) in [5, 5.41) is 9.12. The second-order valence-corrected chi connectivity index (χ2v) is 8.86. The van der Waals surface area contributed by atoms with E-state index in [2.05, 4.69) is 15.3 Å². The zero-order valence-electron chi connectivity index (χ0n) is 17.0. The molecule has 4 rings (SSSR count). The quantitative estimate of drug-likeness (QED) is 0.494. The Morgan fingerprint density at radius 1 is 0.968 bits per heavy atom. The lowest BCUT2D eigenvalue weighted by Crippen LogP contribution is -2.37. The largest absolute Gasteiger partial charge is 0.351 e. The maximum Gasteiger partial charge on any atom is 0.255 e. The molecule has 0 bridgehead atoms. The van der Waals surface area contributed by atoms with E-state index in [1.807, 2.05) is 12.1 Å². The predicted molar refractivity (Wildman–Crippen MR) is 127 cm³/mol. The maximum atomic E-state index is 13.1. The second kappa shape index (κ2) is 10.0. The molecule has 2 aromatic carbocycles. The van der Waals surface area contributed by atoms with Crippen molar-refractivity contribution in [3.05, 3.63) is 69.3 Å². The van der Waals surface area contributed by atoms with E-state index in [0.29, 0.717) is 38.6 Å². The Balaban J connectivity index is 1.63. The average molecular weight is 478 g/mol. The van der Waals surface area contributed by atoms with E-state index >= 15 is 0 Å². The Hall–Kier alpha value is -2.05. The first-order valence-corrected chi connectivity index (χ1v) is 11.5. The van der Waals surface area contributed by atoms with Gasteiger partial charge in [0.05, 0.1) is 28.2 Å². The van der Waals surface area contributed by atoms with Crippen LogP contribution in [0.25, 0.3) is 16.9 Å². The van der Waals surface area contributed by atoms with E-state index in [1.54, 1.807) is 41.2 Å². The molecule has 1 N–H and O–H groups in total. The van der Waals surface area contributed by atoms with E-state index in [9.17, 15) is 4.79 Å². The number of hydrogen-bond acceptors (Lipinski definition) is 3. The molecular formula is C23H23Cl3N4O. The van der Waals surface area contributed by atoms with Gasteiger partial charge in [0.2, 0.25) is 0 Å². The van der Waals surface area contributed by atoms with Crippen LogP contribution in [0, 0.1) is 0 Å². The number of nitrogens with zero attached hydrogens (tertiary/aromatic N) is 3. The molecule has 1 aliphatic rings. The van der Waals surface area contributed by atoms with Gasteiger partial charge < -0.3 is 10.2 Å². The number of carbonyl (C=O) groups excluding carboxylic acids is 1. The van der Waals surface area contributed by atoms with E-state index in [1.165, 1.54) is 19.3 Å². The maximum absolute atomic E-state index is 13.1. The summed E-state index contributed by atoms with van der Waals surface area (Å²) in [5.41, 5.74) is 2.58. The molecule has 0 spiro atoms. The zero-order chi connectivity index (χ0) is 21.8. The molecule has 31 heavy (non-hydrogen) atoms. The molecule has 0 aliphatic carbocycles. The number of nitrogens with one attached hydrogen (secondary N) is 1. The van der Waals surface area contributed by atoms with Crippen LogP contribution in [0.2, 0.25) is 15.1 Å². The summed E-state index contributed by atoms with van der Waals surface area (Å²) in [6, 6.07) is 12.5. The summed E-state index contributed by atoms with van der Waals surface area (Å²) in [6.45, 7) is 3.63. The van der Waals surface area contributed by atoms with Crippen LogP contribution in [0.1, 0.15) is 29.6 Å². The zero-order valence-corrected chi connectivity index (χ0v) is 19.2. The van der Waals surface area contributed by atoms with Gasteiger partial charge >= 0.3 is 0 Å². The number of piperidine rings is 1. The molecule has 1 fully saturated rings. The van der Waals surface area contributed by atoms with Crippen molar-refractivity contribution in [2.45, 2.75) is 19.3 Å². The fourth-order valence-corrected chi connectivity index (χ4v) is 4.46. The summed E-state index contributed by atoms with van der Waals surface area (Å²) < 4.78 is 1.67. The van der Waals surface area contributed by atoms with Crippen LogP contribution in [0.4, 0.5) is 0 Å². The number of likely N-dealkylation sites (tertiary alicyclic amines) is 1. The Kier molecular flexibility index (Phi) is 7.18. The minimum Gasteiger partial charge on any atom is -0.351 e. The fraction of sp³-hybridized carbons (Fsp3) is 0.304. The first kappa shape index (κ1) is 22.2. The molecular weight excluding hydrogens is 455 g/mol. The Labute approximate surface area is 196 Å². The van der Waals surface area contributed by atoms with Gasteiger partial charge in [-0.2, -0.15) is 5.10 Å². The fourth-order valence-electron chi connectivity index (χ4n) is 3.84. The summed E-state index contributed by atoms with van der Waals surface area (Å²) in [7, 11) is 0. The van der Waals surface area contributed by atoms with Gasteiger partial charge in [0.1, 0.15) is 0 Å². The van der Waals surface area contributed by atoms with Crippen molar-refractivity contribution in [1.82, 2.24) is 20.0 Å². The SMILES string of the molecule is O=C(NCCN1CCCCC1)c1cnn(-c2ccc(Cl)cc2Cl)c1-c1ccc(Cl)cc1. The smallest absolute Gasteiger partial charge is 0.255 e. The number of hydrogen-bond donors (Lipinski definition) is 1. The molecule has 3 aromatic rings. The van der Waals surface area contributed by atoms with Crippen LogP contribution in [0.5, 0.6) is 0 Å². The summed E-state index contributed by atoms with van der Waals surface area (Å²) in [4.78, 5) is 15.5. The van der Waals surface area contributed by atoms with Gasteiger partial charge in [0.15, 0.2) is 0 Å². The molecule has 0 unspecified atom stereocenters. The number of amides is 1. The summed E-state index contributed by atoms with van der Waals surface area (Å²) in [6.07, 6.45) is 5.32. The molecule has 0 atom stereocenters. The lowest BCUT2D eigenvalue weighted by molar-refractivity contribution is 0.0947. The Morgan fingerprint density at radius 3 is 2.39 bits per heavy atom. The number of aromatic nitrogens is 2. The van der Waals surface area contributed by atoms with Gasteiger partial charge in [-0.3, -0.25) is 4.79 Å². The van der Waals surface area contributed by atoms with Crippen LogP contribution in [0.3, 0.4) is 0 Å². The summed E-state index contributed by atoms with van der Waals surface area (Å²) >= 11 is 18.6. The molecule has 0 radical (unpaired) electrons. The Bertz CT molecular complexity index is 1060. The lowest BCUT2D eigenvalue weighted by Gasteiger charge is -2.26. The average Bonchev–Trinajstić information content (AvgIpc) is 3.20. The highest BCUT2D eigenvalue weighted by Gasteiger charge is 2.21. The minimum atomic E-state index is -0.168. The summed E-state index contributed by atoms with van der Waals surface area (Å²) in [5.74, 6) is -0.168. The van der Waals surface area contributed by atoms with Crippen molar-refractivity contribution in [3.63, 3.8) is 0 Å². The van der Waals surface area contributed by atoms with Gasteiger partial charge in [-0.1, -0.05) is 53.4 Å². The van der Waals surface area contributed by atoms with Crippen LogP contribution in [-0.4, -0.2) is 46.8 Å². The monoisotopic (exact) mass is 476 g/mol. The van der Waals surface area contributed by atoms with Crippen LogP contribution in [0.15, 0.2) is 48.7 Å². The number of halogens is 3. The van der Waals surface area contributed by atoms with Gasteiger partial charge in [0.25, 0.3) is 5.91 Å². The Morgan fingerprint density at radius 2 is 1.68 bits per heavy atom. The van der Waals surface area contributed by atoms with Gasteiger partial charge in [-0.15, -0.1) is 0 Å². The lowest BCUT2D eigenvalue weighted by atomic mass is 10.1. The molecule has 162 valence electrons. The van der Waals surface area contributed by atoms with Crippen molar-refractivity contribution < 1.29 is 4.79 Å². The van der Waals surface area contributed by atoms with Gasteiger partial charge in [0, 0.05) is 28.7 Å². The van der Waals surface area contributed by atoms with Gasteiger partial charge in [-0.25, -0.2) is 4.68 Å². The van der Waals surface area contributed by atoms with Crippen molar-refractivity contribution in [2.75, 3.05) is 26.2 Å². The minimum absolute atomic E-state index is 0.168. The third-order valence-electron chi connectivity index (χ3n) is 5.43. The molecule has 1 saturated heterocycles. The normalized spacial score (nSPS) is 14.5. The standard InChI is InChI=1S/C23H23Cl3N4O/c24-17-6-4-16(5-7-17)22-19(23(31)27-10-13-29-11-2-1-3-12-29)15-28-30(22)21-9-8-18(25)14-20(21)26/h4-9,14-15H,1-3,10-13H2,(H,27,31). The van der Waals surface area contributed by atoms with Gasteiger partial charge in [-0.05, 0) is 56.3 Å². The van der Waals surface area contributed by atoms with Crippen molar-refractivity contribution >= 4 is 40.7 Å². The molecule has 0 saturated carbocycles. The van der Waals surface area contributed by atoms with E-state index in [4.69, 9.17) is 34.8 Å². The van der Waals surface area contributed by atoms with Crippen LogP contribution in [-0.2, 0) is 0 Å². The highest BCUT2D eigenvalue weighted by molar-refractivity contribution is 6.35. The molecule has 1 aromatic heterocycles. The van der Waals surface area contributed by atoms with Crippen molar-refractivity contribution in [2.24, 2.45) is 0 Å². The van der Waals surface area contributed by atoms with Crippen LogP contribution >= 0.6 is 34.8 Å². The first-order chi connectivity index (χ1) is 15.0. The number of benzene rings is 2. The predicted octanol–water partition coefficient (Wildman–Crippen LogP) is 5.72. The number of carbonyl (C=O) groups is 1. The topological polar surface area (TPSA) is 50.2 Å². The third kappa shape index (κ3) is 5.24. The molecule has 8 heteroatoms. The highest BCUT2D eigenvalue weighted by atomic mass is 35.5. The second-order valence-electron chi connectivity index (χ2n) is 7.58. The first-order valence-electron chi connectivity index (χ1n) is 10.3. The molecule has 1 aliphatic heterocycles. The number of rotatable bonds is 6. The van der Waals surface area contributed by atoms with E-state index < -0.39 is 0 Å². The van der Waals surface area contributed by atoms with Crippen molar-refractivity contribution in [3.8, 4) is 16.9 Å². The van der Waals surface area contributed by atoms with E-state index in [0.717, 1.165) is 25.2 Å². The highest BCUT2D eigenvalue weighted by Crippen LogP contribution is 2.31. The molecule has 2 heterocycles. The van der Waals surface area contributed by atoms with Crippen molar-refractivity contribution in [1.29, 1.82) is 0 Å².